The molecule has 0 amide bonds. The molecule has 24 heavy (non-hydrogen) atoms. The van der Waals surface area contributed by atoms with Crippen LogP contribution in [0.1, 0.15) is 11.1 Å². The number of anilines is 1. The Hall–Kier alpha value is -2.54. The van der Waals surface area contributed by atoms with Crippen LogP contribution in [-0.4, -0.2) is 40.7 Å². The Bertz CT molecular complexity index is 911. The first-order chi connectivity index (χ1) is 11.7. The molecule has 3 aromatic rings. The lowest BCUT2D eigenvalue weighted by atomic mass is 9.98. The van der Waals surface area contributed by atoms with Crippen molar-refractivity contribution in [3.63, 3.8) is 0 Å². The fourth-order valence-electron chi connectivity index (χ4n) is 3.08. The summed E-state index contributed by atoms with van der Waals surface area (Å²) in [4.78, 5) is 18.0. The first kappa shape index (κ1) is 15.0. The molecule has 0 saturated heterocycles. The summed E-state index contributed by atoms with van der Waals surface area (Å²) in [6.07, 6.45) is 2.48. The van der Waals surface area contributed by atoms with Gasteiger partial charge in [0.05, 0.1) is 20.5 Å². The van der Waals surface area contributed by atoms with Crippen LogP contribution in [0.2, 0.25) is 5.28 Å². The van der Waals surface area contributed by atoms with Gasteiger partial charge in [-0.3, -0.25) is 0 Å². The molecule has 124 valence electrons. The van der Waals surface area contributed by atoms with Gasteiger partial charge in [0, 0.05) is 13.1 Å². The maximum atomic E-state index is 6.05. The minimum absolute atomic E-state index is 0.197. The molecule has 1 aliphatic heterocycles. The molecule has 0 fully saturated rings. The van der Waals surface area contributed by atoms with Crippen LogP contribution >= 0.6 is 11.6 Å². The number of aromatic nitrogens is 4. The van der Waals surface area contributed by atoms with Crippen LogP contribution in [0.4, 0.5) is 5.82 Å². The zero-order valence-corrected chi connectivity index (χ0v) is 14.1. The number of halogens is 1. The molecular formula is C16H16ClN5O2. The number of nitrogens with one attached hydrogen (secondary N) is 1. The number of rotatable bonds is 3. The predicted molar refractivity (Wildman–Crippen MR) is 91.0 cm³/mol. The summed E-state index contributed by atoms with van der Waals surface area (Å²) in [5.74, 6) is 2.25. The van der Waals surface area contributed by atoms with Crippen LogP contribution in [-0.2, 0) is 13.0 Å². The fraction of sp³-hybridized carbons (Fsp3) is 0.312. The molecule has 0 atom stereocenters. The standard InChI is InChI=1S/C16H16ClN5O2/c1-23-11-5-9-3-4-22(7-10(9)6-12(11)24-2)15-13-14(19-8-18-13)20-16(17)21-15/h5-6,8H,3-4,7H2,1-2H3,(H,18,19,20,21). The number of H-pyrrole nitrogens is 1. The fourth-order valence-corrected chi connectivity index (χ4v) is 3.24. The average molecular weight is 346 g/mol. The zero-order chi connectivity index (χ0) is 16.7. The molecule has 0 aliphatic carbocycles. The number of hydrogen-bond acceptors (Lipinski definition) is 6. The number of ether oxygens (including phenoxy) is 2. The van der Waals surface area contributed by atoms with Gasteiger partial charge in [-0.25, -0.2) is 4.98 Å². The molecule has 4 rings (SSSR count). The minimum Gasteiger partial charge on any atom is -0.493 e. The Morgan fingerprint density at radius 2 is 1.88 bits per heavy atom. The lowest BCUT2D eigenvalue weighted by Gasteiger charge is -2.30. The van der Waals surface area contributed by atoms with Crippen LogP contribution in [0.25, 0.3) is 11.2 Å². The largest absolute Gasteiger partial charge is 0.493 e. The van der Waals surface area contributed by atoms with Gasteiger partial charge in [0.25, 0.3) is 0 Å². The molecule has 1 N–H and O–H groups in total. The summed E-state index contributed by atoms with van der Waals surface area (Å²) >= 11 is 6.05. The van der Waals surface area contributed by atoms with Crippen molar-refractivity contribution >= 4 is 28.6 Å². The SMILES string of the molecule is COc1cc2c(cc1OC)CN(c1nc(Cl)nc3nc[nH]c13)CC2. The smallest absolute Gasteiger partial charge is 0.226 e. The van der Waals surface area contributed by atoms with Crippen molar-refractivity contribution in [3.8, 4) is 11.5 Å². The Kier molecular flexibility index (Phi) is 3.65. The molecule has 0 saturated carbocycles. The van der Waals surface area contributed by atoms with E-state index >= 15 is 0 Å². The highest BCUT2D eigenvalue weighted by atomic mass is 35.5. The van der Waals surface area contributed by atoms with E-state index in [9.17, 15) is 0 Å². The van der Waals surface area contributed by atoms with Gasteiger partial charge in [-0.2, -0.15) is 9.97 Å². The van der Waals surface area contributed by atoms with E-state index in [1.54, 1.807) is 20.5 Å². The highest BCUT2D eigenvalue weighted by Crippen LogP contribution is 2.35. The third-order valence-electron chi connectivity index (χ3n) is 4.26. The van der Waals surface area contributed by atoms with Crippen LogP contribution in [0.15, 0.2) is 18.5 Å². The van der Waals surface area contributed by atoms with Crippen molar-refractivity contribution < 1.29 is 9.47 Å². The number of methoxy groups -OCH3 is 2. The van der Waals surface area contributed by atoms with Crippen molar-refractivity contribution in [2.24, 2.45) is 0 Å². The van der Waals surface area contributed by atoms with Crippen LogP contribution in [0, 0.1) is 0 Å². The molecule has 0 unspecified atom stereocenters. The van der Waals surface area contributed by atoms with E-state index < -0.39 is 0 Å². The second-order valence-electron chi connectivity index (χ2n) is 5.56. The van der Waals surface area contributed by atoms with E-state index in [-0.39, 0.29) is 5.28 Å². The maximum absolute atomic E-state index is 6.05. The Morgan fingerprint density at radius 3 is 2.62 bits per heavy atom. The van der Waals surface area contributed by atoms with Crippen molar-refractivity contribution in [3.05, 3.63) is 34.9 Å². The lowest BCUT2D eigenvalue weighted by Crippen LogP contribution is -2.31. The maximum Gasteiger partial charge on any atom is 0.226 e. The molecular weight excluding hydrogens is 330 g/mol. The molecule has 2 aromatic heterocycles. The van der Waals surface area contributed by atoms with Gasteiger partial charge in [0.1, 0.15) is 5.52 Å². The monoisotopic (exact) mass is 345 g/mol. The molecule has 1 aromatic carbocycles. The Labute approximate surface area is 143 Å². The number of hydrogen-bond donors (Lipinski definition) is 1. The summed E-state index contributed by atoms with van der Waals surface area (Å²) in [5.41, 5.74) is 3.80. The summed E-state index contributed by atoms with van der Waals surface area (Å²) < 4.78 is 10.8. The number of benzene rings is 1. The number of nitrogens with zero attached hydrogens (tertiary/aromatic N) is 4. The van der Waals surface area contributed by atoms with E-state index in [1.807, 2.05) is 12.1 Å². The van der Waals surface area contributed by atoms with Gasteiger partial charge < -0.3 is 19.4 Å². The summed E-state index contributed by atoms with van der Waals surface area (Å²) in [5, 5.41) is 0.197. The van der Waals surface area contributed by atoms with Gasteiger partial charge in [-0.05, 0) is 41.3 Å². The van der Waals surface area contributed by atoms with Crippen molar-refractivity contribution in [1.29, 1.82) is 0 Å². The van der Waals surface area contributed by atoms with Gasteiger partial charge in [0.15, 0.2) is 23.0 Å². The zero-order valence-electron chi connectivity index (χ0n) is 13.3. The first-order valence-corrected chi connectivity index (χ1v) is 7.92. The second kappa shape index (κ2) is 5.83. The topological polar surface area (TPSA) is 76.2 Å². The highest BCUT2D eigenvalue weighted by Gasteiger charge is 2.23. The summed E-state index contributed by atoms with van der Waals surface area (Å²) in [6, 6.07) is 4.07. The van der Waals surface area contributed by atoms with Crippen molar-refractivity contribution in [2.75, 3.05) is 25.7 Å². The van der Waals surface area contributed by atoms with E-state index in [0.29, 0.717) is 12.2 Å². The van der Waals surface area contributed by atoms with E-state index in [2.05, 4.69) is 24.8 Å². The van der Waals surface area contributed by atoms with Gasteiger partial charge >= 0.3 is 0 Å². The first-order valence-electron chi connectivity index (χ1n) is 7.55. The van der Waals surface area contributed by atoms with E-state index in [0.717, 1.165) is 35.8 Å². The highest BCUT2D eigenvalue weighted by molar-refractivity contribution is 6.28. The van der Waals surface area contributed by atoms with E-state index in [1.165, 1.54) is 11.1 Å². The average Bonchev–Trinajstić information content (AvgIpc) is 3.07. The van der Waals surface area contributed by atoms with Gasteiger partial charge in [-0.1, -0.05) is 0 Å². The normalized spacial score (nSPS) is 13.9. The van der Waals surface area contributed by atoms with Gasteiger partial charge in [-0.15, -0.1) is 0 Å². The van der Waals surface area contributed by atoms with Crippen LogP contribution in [0.5, 0.6) is 11.5 Å². The second-order valence-corrected chi connectivity index (χ2v) is 5.90. The number of aromatic amines is 1. The molecule has 8 heteroatoms. The molecule has 0 radical (unpaired) electrons. The number of imidazole rings is 1. The molecule has 0 bridgehead atoms. The molecule has 1 aliphatic rings. The molecule has 0 spiro atoms. The third-order valence-corrected chi connectivity index (χ3v) is 4.43. The van der Waals surface area contributed by atoms with Gasteiger partial charge in [0.2, 0.25) is 5.28 Å². The van der Waals surface area contributed by atoms with Crippen LogP contribution < -0.4 is 14.4 Å². The quantitative estimate of drug-likeness (QED) is 0.735. The Balaban J connectivity index is 1.74. The lowest BCUT2D eigenvalue weighted by molar-refractivity contribution is 0.353. The Morgan fingerprint density at radius 1 is 1.12 bits per heavy atom. The summed E-state index contributed by atoms with van der Waals surface area (Å²) in [6.45, 7) is 1.53. The molecule has 3 heterocycles. The van der Waals surface area contributed by atoms with Crippen molar-refractivity contribution in [1.82, 2.24) is 19.9 Å². The van der Waals surface area contributed by atoms with E-state index in [4.69, 9.17) is 21.1 Å². The number of fused-ring (bicyclic) bond motifs is 2. The molecule has 7 nitrogen and oxygen atoms in total. The predicted octanol–water partition coefficient (Wildman–Crippen LogP) is 2.59. The third kappa shape index (κ3) is 2.41. The van der Waals surface area contributed by atoms with Crippen molar-refractivity contribution in [2.45, 2.75) is 13.0 Å². The minimum atomic E-state index is 0.197. The van der Waals surface area contributed by atoms with Crippen LogP contribution in [0.3, 0.4) is 0 Å². The summed E-state index contributed by atoms with van der Waals surface area (Å²) in [7, 11) is 3.29.